The fraction of sp³-hybridized carbons (Fsp3) is 0.333. The number of nitrogens with zero attached hydrogens (tertiary/aromatic N) is 2. The largest absolute Gasteiger partial charge is 0.282 e. The first kappa shape index (κ1) is 5.92. The molecule has 0 spiro atoms. The minimum Gasteiger partial charge on any atom is -0.282 e. The maximum Gasteiger partial charge on any atom is 0.117 e. The maximum absolute atomic E-state index is 5.73. The molecule has 0 saturated carbocycles. The zero-order valence-corrected chi connectivity index (χ0v) is 5.92. The Labute approximate surface area is 63.4 Å². The Kier molecular flexibility index (Phi) is 1.24. The van der Waals surface area contributed by atoms with E-state index in [9.17, 15) is 0 Å². The van der Waals surface area contributed by atoms with Crippen molar-refractivity contribution in [3.63, 3.8) is 0 Å². The quantitative estimate of drug-likeness (QED) is 0.564. The first-order valence-electron chi connectivity index (χ1n) is 3.07. The van der Waals surface area contributed by atoms with Gasteiger partial charge in [-0.3, -0.25) is 5.43 Å². The summed E-state index contributed by atoms with van der Waals surface area (Å²) in [6.07, 6.45) is 5.69. The molecule has 0 aromatic heterocycles. The van der Waals surface area contributed by atoms with E-state index in [1.165, 1.54) is 0 Å². The third-order valence-corrected chi connectivity index (χ3v) is 1.81. The van der Waals surface area contributed by atoms with Crippen molar-refractivity contribution < 1.29 is 0 Å². The molecule has 0 radical (unpaired) electrons. The molecule has 10 heavy (non-hydrogen) atoms. The van der Waals surface area contributed by atoms with Crippen LogP contribution in [0.15, 0.2) is 33.6 Å². The summed E-state index contributed by atoms with van der Waals surface area (Å²) in [5, 5.41) is 8.35. The Morgan fingerprint density at radius 3 is 3.40 bits per heavy atom. The van der Waals surface area contributed by atoms with E-state index >= 15 is 0 Å². The average Bonchev–Trinajstić information content (AvgIpc) is 2.33. The zero-order valence-electron chi connectivity index (χ0n) is 5.16. The van der Waals surface area contributed by atoms with Gasteiger partial charge in [-0.05, 0) is 12.2 Å². The van der Waals surface area contributed by atoms with Crippen molar-refractivity contribution in [1.82, 2.24) is 5.43 Å². The van der Waals surface area contributed by atoms with E-state index in [1.807, 2.05) is 18.2 Å². The van der Waals surface area contributed by atoms with Crippen LogP contribution in [-0.4, -0.2) is 12.1 Å². The Morgan fingerprint density at radius 2 is 2.50 bits per heavy atom. The maximum atomic E-state index is 5.73. The van der Waals surface area contributed by atoms with Crippen molar-refractivity contribution in [2.24, 2.45) is 10.3 Å². The summed E-state index contributed by atoms with van der Waals surface area (Å²) in [4.78, 5) is 0. The molecule has 0 bridgehead atoms. The molecule has 0 fully saturated rings. The molecule has 4 heteroatoms. The van der Waals surface area contributed by atoms with E-state index in [0.29, 0.717) is 0 Å². The number of hydrogen-bond donors (Lipinski definition) is 1. The molecule has 2 atom stereocenters. The molecule has 2 unspecified atom stereocenters. The second kappa shape index (κ2) is 2.09. The molecule has 0 amide bonds. The van der Waals surface area contributed by atoms with Crippen LogP contribution >= 0.6 is 11.6 Å². The molecular formula is C6H6ClN3. The van der Waals surface area contributed by atoms with Gasteiger partial charge in [0, 0.05) is 5.03 Å². The van der Waals surface area contributed by atoms with Crippen molar-refractivity contribution >= 4 is 11.6 Å². The van der Waals surface area contributed by atoms with Gasteiger partial charge in [0.2, 0.25) is 0 Å². The van der Waals surface area contributed by atoms with Gasteiger partial charge in [-0.1, -0.05) is 22.9 Å². The number of hydrogen-bond acceptors (Lipinski definition) is 3. The van der Waals surface area contributed by atoms with Crippen molar-refractivity contribution in [3.8, 4) is 0 Å². The van der Waals surface area contributed by atoms with Crippen LogP contribution in [0.5, 0.6) is 0 Å². The fourth-order valence-electron chi connectivity index (χ4n) is 1.03. The van der Waals surface area contributed by atoms with Gasteiger partial charge in [-0.25, -0.2) is 0 Å². The van der Waals surface area contributed by atoms with Crippen molar-refractivity contribution in [3.05, 3.63) is 23.3 Å². The van der Waals surface area contributed by atoms with Crippen LogP contribution in [0.2, 0.25) is 0 Å². The van der Waals surface area contributed by atoms with Gasteiger partial charge in [0.25, 0.3) is 0 Å². The molecule has 0 saturated heterocycles. The van der Waals surface area contributed by atoms with Crippen LogP contribution in [0.1, 0.15) is 0 Å². The van der Waals surface area contributed by atoms with Crippen molar-refractivity contribution in [2.45, 2.75) is 12.1 Å². The molecule has 2 rings (SSSR count). The number of rotatable bonds is 0. The lowest BCUT2D eigenvalue weighted by atomic mass is 10.1. The third-order valence-electron chi connectivity index (χ3n) is 1.56. The molecular weight excluding hydrogens is 150 g/mol. The second-order valence-corrected chi connectivity index (χ2v) is 2.71. The summed E-state index contributed by atoms with van der Waals surface area (Å²) in [5.41, 5.74) is 2.84. The summed E-state index contributed by atoms with van der Waals surface area (Å²) in [7, 11) is 0. The molecule has 1 aliphatic heterocycles. The van der Waals surface area contributed by atoms with Crippen molar-refractivity contribution in [1.29, 1.82) is 0 Å². The fourth-order valence-corrected chi connectivity index (χ4v) is 1.23. The highest BCUT2D eigenvalue weighted by Gasteiger charge is 2.23. The Hall–Kier alpha value is -0.830. The third kappa shape index (κ3) is 0.827. The van der Waals surface area contributed by atoms with Gasteiger partial charge in [0.1, 0.15) is 6.04 Å². The topological polar surface area (TPSA) is 36.8 Å². The molecule has 1 heterocycles. The van der Waals surface area contributed by atoms with Crippen LogP contribution in [0.4, 0.5) is 0 Å². The zero-order chi connectivity index (χ0) is 6.97. The summed E-state index contributed by atoms with van der Waals surface area (Å²) >= 11 is 5.73. The molecule has 2 aliphatic rings. The molecule has 52 valence electrons. The summed E-state index contributed by atoms with van der Waals surface area (Å²) in [5.74, 6) is 0. The van der Waals surface area contributed by atoms with Gasteiger partial charge in [-0.2, -0.15) is 5.11 Å². The van der Waals surface area contributed by atoms with Crippen LogP contribution in [0.25, 0.3) is 0 Å². The van der Waals surface area contributed by atoms with Crippen LogP contribution in [0, 0.1) is 0 Å². The highest BCUT2D eigenvalue weighted by atomic mass is 35.5. The van der Waals surface area contributed by atoms with E-state index in [1.54, 1.807) is 0 Å². The SMILES string of the molecule is ClC1=CC2NN=NC2C=C1. The summed E-state index contributed by atoms with van der Waals surface area (Å²) < 4.78 is 0. The number of fused-ring (bicyclic) bond motifs is 1. The minimum atomic E-state index is 0.155. The van der Waals surface area contributed by atoms with E-state index in [2.05, 4.69) is 15.8 Å². The van der Waals surface area contributed by atoms with E-state index < -0.39 is 0 Å². The Morgan fingerprint density at radius 1 is 1.60 bits per heavy atom. The molecule has 3 nitrogen and oxygen atoms in total. The van der Waals surface area contributed by atoms with Gasteiger partial charge in [0.15, 0.2) is 0 Å². The Balaban J connectivity index is 2.25. The Bertz CT molecular complexity index is 231. The predicted molar refractivity (Wildman–Crippen MR) is 38.6 cm³/mol. The lowest BCUT2D eigenvalue weighted by Crippen LogP contribution is -2.28. The highest BCUT2D eigenvalue weighted by molar-refractivity contribution is 6.31. The average molecular weight is 156 g/mol. The van der Waals surface area contributed by atoms with Crippen LogP contribution < -0.4 is 5.43 Å². The number of allylic oxidation sites excluding steroid dienone is 2. The van der Waals surface area contributed by atoms with Gasteiger partial charge in [0.05, 0.1) is 6.04 Å². The normalized spacial score (nSPS) is 35.1. The highest BCUT2D eigenvalue weighted by Crippen LogP contribution is 2.19. The lowest BCUT2D eigenvalue weighted by molar-refractivity contribution is 0.658. The lowest BCUT2D eigenvalue weighted by Gasteiger charge is -2.12. The molecule has 1 aliphatic carbocycles. The number of nitrogens with one attached hydrogen (secondary N) is 1. The monoisotopic (exact) mass is 155 g/mol. The van der Waals surface area contributed by atoms with E-state index in [-0.39, 0.29) is 12.1 Å². The van der Waals surface area contributed by atoms with Crippen LogP contribution in [0.3, 0.4) is 0 Å². The van der Waals surface area contributed by atoms with E-state index in [0.717, 1.165) is 5.03 Å². The smallest absolute Gasteiger partial charge is 0.117 e. The summed E-state index contributed by atoms with van der Waals surface area (Å²) in [6, 6.07) is 0.333. The first-order valence-corrected chi connectivity index (χ1v) is 3.45. The second-order valence-electron chi connectivity index (χ2n) is 2.27. The molecule has 0 aromatic rings. The van der Waals surface area contributed by atoms with Crippen LogP contribution in [-0.2, 0) is 0 Å². The number of halogens is 1. The minimum absolute atomic E-state index is 0.155. The van der Waals surface area contributed by atoms with Gasteiger partial charge in [-0.15, -0.1) is 0 Å². The van der Waals surface area contributed by atoms with E-state index in [4.69, 9.17) is 11.6 Å². The first-order chi connectivity index (χ1) is 4.86. The summed E-state index contributed by atoms with van der Waals surface area (Å²) in [6.45, 7) is 0. The standard InChI is InChI=1S/C6H6ClN3/c7-4-1-2-5-6(3-4)9-10-8-5/h1-3,5-6H,(H,8,9). The van der Waals surface area contributed by atoms with Crippen molar-refractivity contribution in [2.75, 3.05) is 0 Å². The molecule has 0 aromatic carbocycles. The molecule has 1 N–H and O–H groups in total. The van der Waals surface area contributed by atoms with Gasteiger partial charge < -0.3 is 0 Å². The predicted octanol–water partition coefficient (Wildman–Crippen LogP) is 1.39. The van der Waals surface area contributed by atoms with Gasteiger partial charge >= 0.3 is 0 Å².